The highest BCUT2D eigenvalue weighted by molar-refractivity contribution is 7.42. The minimum Gasteiger partial charge on any atom is -0.0803 e. The highest BCUT2D eigenvalue weighted by Gasteiger charge is 2.50. The largest absolute Gasteiger partial charge is 0.0803 e. The van der Waals surface area contributed by atoms with Crippen LogP contribution in [0.15, 0.2) is 42.0 Å². The maximum Gasteiger partial charge on any atom is 0.0548 e. The second-order valence-corrected chi connectivity index (χ2v) is 25.7. The van der Waals surface area contributed by atoms with E-state index in [0.717, 1.165) is 5.54 Å². The third-order valence-corrected chi connectivity index (χ3v) is 27.1. The number of rotatable bonds is 5. The van der Waals surface area contributed by atoms with Crippen LogP contribution in [0.1, 0.15) is 54.0 Å². The van der Waals surface area contributed by atoms with Gasteiger partial charge in [-0.15, -0.1) is 0 Å². The summed E-state index contributed by atoms with van der Waals surface area (Å²) in [7, 11) is -2.85. The van der Waals surface area contributed by atoms with Crippen molar-refractivity contribution >= 4 is 21.3 Å². The number of hydrogen-bond acceptors (Lipinski definition) is 0. The SMILES string of the molecule is CCCC1=CC([Si](C)(C)[Si](C)(C)C2C=Cc3cc4c(cc32)CCC4)C=C1. The molecule has 4 rings (SSSR count). The molecule has 0 aliphatic heterocycles. The first kappa shape index (κ1) is 18.2. The van der Waals surface area contributed by atoms with Crippen molar-refractivity contribution in [1.82, 2.24) is 0 Å². The van der Waals surface area contributed by atoms with Gasteiger partial charge in [-0.3, -0.25) is 0 Å². The Bertz CT molecular complexity index is 808. The number of benzene rings is 1. The van der Waals surface area contributed by atoms with Crippen LogP contribution in [-0.2, 0) is 12.8 Å². The molecule has 0 aromatic heterocycles. The lowest BCUT2D eigenvalue weighted by molar-refractivity contribution is 0.911. The van der Waals surface area contributed by atoms with E-state index < -0.39 is 15.2 Å². The third kappa shape index (κ3) is 2.77. The molecule has 0 saturated carbocycles. The second-order valence-electron chi connectivity index (χ2n) is 9.76. The van der Waals surface area contributed by atoms with Gasteiger partial charge in [-0.2, -0.15) is 0 Å². The Kier molecular flexibility index (Phi) is 4.55. The third-order valence-electron chi connectivity index (χ3n) is 7.82. The Balaban J connectivity index is 1.66. The van der Waals surface area contributed by atoms with Gasteiger partial charge in [0.15, 0.2) is 0 Å². The highest BCUT2D eigenvalue weighted by atomic mass is 29.3. The summed E-state index contributed by atoms with van der Waals surface area (Å²) in [6.45, 7) is 13.0. The van der Waals surface area contributed by atoms with Crippen molar-refractivity contribution in [3.63, 3.8) is 0 Å². The molecule has 0 radical (unpaired) electrons. The first-order valence-electron chi connectivity index (χ1n) is 10.6. The van der Waals surface area contributed by atoms with Crippen molar-refractivity contribution in [2.75, 3.05) is 0 Å². The lowest BCUT2D eigenvalue weighted by Crippen LogP contribution is -2.60. The Labute approximate surface area is 161 Å². The molecule has 0 nitrogen and oxygen atoms in total. The van der Waals surface area contributed by atoms with E-state index >= 15 is 0 Å². The predicted octanol–water partition coefficient (Wildman–Crippen LogP) is 6.99. The lowest BCUT2D eigenvalue weighted by atomic mass is 10.0. The fourth-order valence-electron chi connectivity index (χ4n) is 5.31. The van der Waals surface area contributed by atoms with E-state index in [9.17, 15) is 0 Å². The first-order valence-corrected chi connectivity index (χ1v) is 17.7. The van der Waals surface area contributed by atoms with Crippen molar-refractivity contribution in [2.45, 2.75) is 76.3 Å². The number of hydrogen-bond donors (Lipinski definition) is 0. The minimum atomic E-state index is -1.44. The lowest BCUT2D eigenvalue weighted by Gasteiger charge is -2.45. The quantitative estimate of drug-likeness (QED) is 0.484. The standard InChI is InChI=1S/C24H34Si2/c1-6-8-18-11-13-22(15-18)25(2,3)26(4,5)24-14-12-21-16-19-9-7-10-20(19)17-23(21)24/h11-17,22,24H,6-10H2,1-5H3. The fourth-order valence-corrected chi connectivity index (χ4v) is 16.1. The molecule has 0 fully saturated rings. The van der Waals surface area contributed by atoms with Crippen LogP contribution in [-0.4, -0.2) is 15.2 Å². The average Bonchev–Trinajstić information content (AvgIpc) is 3.31. The van der Waals surface area contributed by atoms with Crippen LogP contribution in [0.2, 0.25) is 31.7 Å². The molecule has 1 aromatic rings. The van der Waals surface area contributed by atoms with Gasteiger partial charge in [-0.1, -0.05) is 87.6 Å². The highest BCUT2D eigenvalue weighted by Crippen LogP contribution is 2.47. The van der Waals surface area contributed by atoms with Gasteiger partial charge in [0.1, 0.15) is 0 Å². The van der Waals surface area contributed by atoms with Crippen molar-refractivity contribution in [3.8, 4) is 0 Å². The molecule has 3 aliphatic rings. The normalized spacial score (nSPS) is 24.1. The second kappa shape index (κ2) is 6.49. The zero-order chi connectivity index (χ0) is 18.5. The van der Waals surface area contributed by atoms with E-state index in [-0.39, 0.29) is 0 Å². The maximum absolute atomic E-state index is 2.69. The van der Waals surface area contributed by atoms with Crippen LogP contribution in [0.25, 0.3) is 6.08 Å². The number of aryl methyl sites for hydroxylation is 2. The summed E-state index contributed by atoms with van der Waals surface area (Å²) in [6.07, 6.45) is 19.1. The van der Waals surface area contributed by atoms with Crippen molar-refractivity contribution in [3.05, 3.63) is 64.3 Å². The van der Waals surface area contributed by atoms with Crippen molar-refractivity contribution in [2.24, 2.45) is 0 Å². The molecular formula is C24H34Si2. The van der Waals surface area contributed by atoms with Gasteiger partial charge in [0, 0.05) is 0 Å². The van der Waals surface area contributed by atoms with Gasteiger partial charge < -0.3 is 0 Å². The summed E-state index contributed by atoms with van der Waals surface area (Å²) >= 11 is 0. The van der Waals surface area contributed by atoms with Crippen LogP contribution >= 0.6 is 0 Å². The Morgan fingerprint density at radius 2 is 1.65 bits per heavy atom. The summed E-state index contributed by atoms with van der Waals surface area (Å²) < 4.78 is 0. The molecule has 0 amide bonds. The summed E-state index contributed by atoms with van der Waals surface area (Å²) in [5, 5.41) is 0. The summed E-state index contributed by atoms with van der Waals surface area (Å²) in [5.41, 5.74) is 9.50. The fraction of sp³-hybridized carbons (Fsp3) is 0.500. The van der Waals surface area contributed by atoms with Gasteiger partial charge in [-0.25, -0.2) is 0 Å². The van der Waals surface area contributed by atoms with E-state index in [0.29, 0.717) is 5.54 Å². The molecule has 0 spiro atoms. The molecule has 26 heavy (non-hydrogen) atoms. The molecular weight excluding hydrogens is 344 g/mol. The molecule has 0 saturated heterocycles. The molecule has 0 heterocycles. The van der Waals surface area contributed by atoms with Crippen LogP contribution in [0.3, 0.4) is 0 Å². The van der Waals surface area contributed by atoms with Crippen LogP contribution in [0.5, 0.6) is 0 Å². The molecule has 0 N–H and O–H groups in total. The van der Waals surface area contributed by atoms with E-state index in [4.69, 9.17) is 0 Å². The van der Waals surface area contributed by atoms with Gasteiger partial charge in [0.2, 0.25) is 0 Å². The van der Waals surface area contributed by atoms with Crippen LogP contribution in [0.4, 0.5) is 0 Å². The predicted molar refractivity (Wildman–Crippen MR) is 121 cm³/mol. The topological polar surface area (TPSA) is 0 Å². The Morgan fingerprint density at radius 1 is 0.923 bits per heavy atom. The van der Waals surface area contributed by atoms with E-state index in [1.54, 1.807) is 22.3 Å². The monoisotopic (exact) mass is 378 g/mol. The summed E-state index contributed by atoms with van der Waals surface area (Å²) in [5.74, 6) is 0. The summed E-state index contributed by atoms with van der Waals surface area (Å²) in [4.78, 5) is 0. The first-order chi connectivity index (χ1) is 12.3. The van der Waals surface area contributed by atoms with Gasteiger partial charge in [0.05, 0.1) is 15.2 Å². The molecule has 2 unspecified atom stereocenters. The van der Waals surface area contributed by atoms with E-state index in [1.807, 2.05) is 0 Å². The molecule has 3 aliphatic carbocycles. The van der Waals surface area contributed by atoms with Crippen molar-refractivity contribution < 1.29 is 0 Å². The molecule has 2 atom stereocenters. The number of allylic oxidation sites excluding steroid dienone is 5. The molecule has 138 valence electrons. The van der Waals surface area contributed by atoms with Gasteiger partial charge in [-0.05, 0) is 59.0 Å². The van der Waals surface area contributed by atoms with Gasteiger partial charge >= 0.3 is 0 Å². The van der Waals surface area contributed by atoms with E-state index in [2.05, 4.69) is 75.6 Å². The number of fused-ring (bicyclic) bond motifs is 2. The Morgan fingerprint density at radius 3 is 2.38 bits per heavy atom. The van der Waals surface area contributed by atoms with Crippen LogP contribution in [0, 0.1) is 0 Å². The van der Waals surface area contributed by atoms with Crippen LogP contribution < -0.4 is 0 Å². The molecule has 1 aromatic carbocycles. The van der Waals surface area contributed by atoms with E-state index in [1.165, 1.54) is 37.7 Å². The van der Waals surface area contributed by atoms with Crippen molar-refractivity contribution in [1.29, 1.82) is 0 Å². The zero-order valence-electron chi connectivity index (χ0n) is 17.2. The molecule has 2 heteroatoms. The minimum absolute atomic E-state index is 0.710. The van der Waals surface area contributed by atoms with Gasteiger partial charge in [0.25, 0.3) is 0 Å². The smallest absolute Gasteiger partial charge is 0.0548 e. The zero-order valence-corrected chi connectivity index (χ0v) is 19.2. The summed E-state index contributed by atoms with van der Waals surface area (Å²) in [6, 6.07) is 5.12. The maximum atomic E-state index is 2.69. The molecule has 0 bridgehead atoms. The Hall–Kier alpha value is -1.13. The average molecular weight is 379 g/mol.